The molecular weight excluding hydrogens is 355 g/mol. The van der Waals surface area contributed by atoms with Crippen LogP contribution in [0.1, 0.15) is 47.7 Å². The maximum Gasteiger partial charge on any atom is 0.264 e. The van der Waals surface area contributed by atoms with Gasteiger partial charge < -0.3 is 4.52 Å². The van der Waals surface area contributed by atoms with Crippen molar-refractivity contribution in [3.05, 3.63) is 58.7 Å². The average molecular weight is 375 g/mol. The van der Waals surface area contributed by atoms with Crippen molar-refractivity contribution in [2.45, 2.75) is 38.7 Å². The lowest BCUT2D eigenvalue weighted by atomic mass is 9.92. The standard InChI is InChI=1S/C20H20F3N3O/c1-12-18-16(19(22)23)9-17(24-20(18)27-25-12)14-5-3-7-26(11-14)10-13-4-2-6-15(21)8-13/h2,4,6,8-9,14,19H,3,5,7,10-11H2,1H3/t14-/m1/s1. The highest BCUT2D eigenvalue weighted by molar-refractivity contribution is 5.80. The van der Waals surface area contributed by atoms with Crippen molar-refractivity contribution >= 4 is 11.1 Å². The summed E-state index contributed by atoms with van der Waals surface area (Å²) in [6, 6.07) is 8.03. The molecule has 7 heteroatoms. The molecular formula is C20H20F3N3O. The first-order chi connectivity index (χ1) is 13.0. The molecule has 0 unspecified atom stereocenters. The first-order valence-electron chi connectivity index (χ1n) is 9.03. The summed E-state index contributed by atoms with van der Waals surface area (Å²) in [5, 5.41) is 4.09. The van der Waals surface area contributed by atoms with Crippen LogP contribution in [0.2, 0.25) is 0 Å². The van der Waals surface area contributed by atoms with Crippen LogP contribution in [0, 0.1) is 12.7 Å². The van der Waals surface area contributed by atoms with Gasteiger partial charge in [-0.05, 0) is 50.1 Å². The number of nitrogens with zero attached hydrogens (tertiary/aromatic N) is 3. The topological polar surface area (TPSA) is 42.2 Å². The Morgan fingerprint density at radius 1 is 1.30 bits per heavy atom. The smallest absolute Gasteiger partial charge is 0.264 e. The van der Waals surface area contributed by atoms with Crippen LogP contribution in [0.5, 0.6) is 0 Å². The molecule has 1 aliphatic rings. The Balaban J connectivity index is 1.59. The number of aromatic nitrogens is 2. The summed E-state index contributed by atoms with van der Waals surface area (Å²) in [7, 11) is 0. The minimum atomic E-state index is -2.61. The molecule has 1 atom stereocenters. The minimum absolute atomic E-state index is 0.0274. The highest BCUT2D eigenvalue weighted by Crippen LogP contribution is 2.34. The quantitative estimate of drug-likeness (QED) is 0.644. The third kappa shape index (κ3) is 3.69. The zero-order chi connectivity index (χ0) is 19.0. The van der Waals surface area contributed by atoms with Gasteiger partial charge in [-0.2, -0.15) is 0 Å². The van der Waals surface area contributed by atoms with Crippen molar-refractivity contribution < 1.29 is 17.7 Å². The number of aryl methyl sites for hydroxylation is 1. The summed E-state index contributed by atoms with van der Waals surface area (Å²) in [6.45, 7) is 3.84. The van der Waals surface area contributed by atoms with Gasteiger partial charge in [-0.25, -0.2) is 18.2 Å². The van der Waals surface area contributed by atoms with E-state index in [9.17, 15) is 13.2 Å². The highest BCUT2D eigenvalue weighted by atomic mass is 19.3. The summed E-state index contributed by atoms with van der Waals surface area (Å²) < 4.78 is 45.7. The Hall–Kier alpha value is -2.41. The molecule has 4 rings (SSSR count). The molecule has 0 aliphatic carbocycles. The molecule has 4 nitrogen and oxygen atoms in total. The van der Waals surface area contributed by atoms with Crippen LogP contribution in [0.25, 0.3) is 11.1 Å². The monoisotopic (exact) mass is 375 g/mol. The SMILES string of the molecule is Cc1noc2nc([C@@H]3CCCN(Cc4cccc(F)c4)C3)cc(C(F)F)c12. The average Bonchev–Trinajstić information content (AvgIpc) is 3.02. The number of pyridine rings is 1. The fourth-order valence-electron chi connectivity index (χ4n) is 3.86. The van der Waals surface area contributed by atoms with E-state index in [0.29, 0.717) is 29.9 Å². The number of alkyl halides is 2. The molecule has 0 spiro atoms. The number of halogens is 3. The van der Waals surface area contributed by atoms with Gasteiger partial charge in [0.15, 0.2) is 0 Å². The third-order valence-electron chi connectivity index (χ3n) is 5.12. The Bertz CT molecular complexity index is 957. The van der Waals surface area contributed by atoms with Gasteiger partial charge in [0, 0.05) is 30.3 Å². The van der Waals surface area contributed by atoms with E-state index in [4.69, 9.17) is 4.52 Å². The Kier molecular flexibility index (Phi) is 4.86. The van der Waals surface area contributed by atoms with Gasteiger partial charge >= 0.3 is 0 Å². The van der Waals surface area contributed by atoms with Gasteiger partial charge in [0.1, 0.15) is 5.82 Å². The van der Waals surface area contributed by atoms with E-state index in [2.05, 4.69) is 15.0 Å². The van der Waals surface area contributed by atoms with Crippen LogP contribution < -0.4 is 0 Å². The number of rotatable bonds is 4. The predicted octanol–water partition coefficient (Wildman–Crippen LogP) is 4.99. The van der Waals surface area contributed by atoms with Gasteiger partial charge in [-0.15, -0.1) is 0 Å². The molecule has 0 saturated carbocycles. The van der Waals surface area contributed by atoms with Crippen molar-refractivity contribution in [1.29, 1.82) is 0 Å². The number of benzene rings is 1. The molecule has 27 heavy (non-hydrogen) atoms. The van der Waals surface area contributed by atoms with Crippen LogP contribution in [0.15, 0.2) is 34.9 Å². The largest absolute Gasteiger partial charge is 0.336 e. The Morgan fingerprint density at radius 2 is 2.15 bits per heavy atom. The van der Waals surface area contributed by atoms with Gasteiger partial charge in [0.25, 0.3) is 12.1 Å². The fraction of sp³-hybridized carbons (Fsp3) is 0.400. The molecule has 0 N–H and O–H groups in total. The highest BCUT2D eigenvalue weighted by Gasteiger charge is 2.26. The minimum Gasteiger partial charge on any atom is -0.336 e. The Labute approximate surface area is 155 Å². The summed E-state index contributed by atoms with van der Waals surface area (Å²) in [5.74, 6) is -0.227. The number of hydrogen-bond acceptors (Lipinski definition) is 4. The molecule has 3 heterocycles. The van der Waals surface area contributed by atoms with E-state index < -0.39 is 6.43 Å². The van der Waals surface area contributed by atoms with Crippen LogP contribution in [0.3, 0.4) is 0 Å². The lowest BCUT2D eigenvalue weighted by Crippen LogP contribution is -2.34. The van der Waals surface area contributed by atoms with Crippen molar-refractivity contribution in [2.75, 3.05) is 13.1 Å². The van der Waals surface area contributed by atoms with Crippen LogP contribution in [-0.2, 0) is 6.54 Å². The summed E-state index contributed by atoms with van der Waals surface area (Å²) >= 11 is 0. The first-order valence-corrected chi connectivity index (χ1v) is 9.03. The second-order valence-corrected chi connectivity index (χ2v) is 7.09. The summed E-state index contributed by atoms with van der Waals surface area (Å²) in [5.41, 5.74) is 2.03. The lowest BCUT2D eigenvalue weighted by molar-refractivity contribution is 0.152. The number of hydrogen-bond donors (Lipinski definition) is 0. The van der Waals surface area contributed by atoms with Crippen molar-refractivity contribution in [1.82, 2.24) is 15.0 Å². The molecule has 1 aliphatic heterocycles. The van der Waals surface area contributed by atoms with Crippen molar-refractivity contribution in [3.63, 3.8) is 0 Å². The van der Waals surface area contributed by atoms with E-state index in [1.54, 1.807) is 13.0 Å². The fourth-order valence-corrected chi connectivity index (χ4v) is 3.86. The molecule has 3 aromatic rings. The zero-order valence-corrected chi connectivity index (χ0v) is 15.0. The predicted molar refractivity (Wildman–Crippen MR) is 95.2 cm³/mol. The number of fused-ring (bicyclic) bond motifs is 1. The van der Waals surface area contributed by atoms with Crippen LogP contribution in [-0.4, -0.2) is 28.1 Å². The molecule has 1 aromatic carbocycles. The first kappa shape index (κ1) is 18.0. The van der Waals surface area contributed by atoms with Crippen molar-refractivity contribution in [2.24, 2.45) is 0 Å². The molecule has 1 fully saturated rings. The summed E-state index contributed by atoms with van der Waals surface area (Å²) in [6.07, 6.45) is -0.813. The lowest BCUT2D eigenvalue weighted by Gasteiger charge is -2.32. The maximum absolute atomic E-state index is 13.6. The van der Waals surface area contributed by atoms with Crippen LogP contribution in [0.4, 0.5) is 13.2 Å². The van der Waals surface area contributed by atoms with Gasteiger partial charge in [-0.1, -0.05) is 17.3 Å². The summed E-state index contributed by atoms with van der Waals surface area (Å²) in [4.78, 5) is 6.68. The van der Waals surface area contributed by atoms with Gasteiger partial charge in [0.05, 0.1) is 11.1 Å². The molecule has 2 aromatic heterocycles. The number of likely N-dealkylation sites (tertiary alicyclic amines) is 1. The maximum atomic E-state index is 13.6. The van der Waals surface area contributed by atoms with E-state index in [-0.39, 0.29) is 23.0 Å². The molecule has 0 radical (unpaired) electrons. The van der Waals surface area contributed by atoms with Crippen molar-refractivity contribution in [3.8, 4) is 0 Å². The Morgan fingerprint density at radius 3 is 2.93 bits per heavy atom. The van der Waals surface area contributed by atoms with Gasteiger partial charge in [0.2, 0.25) is 0 Å². The molecule has 0 amide bonds. The second kappa shape index (κ2) is 7.31. The van der Waals surface area contributed by atoms with Crippen LogP contribution >= 0.6 is 0 Å². The van der Waals surface area contributed by atoms with E-state index in [1.807, 2.05) is 6.07 Å². The number of piperidine rings is 1. The zero-order valence-electron chi connectivity index (χ0n) is 15.0. The van der Waals surface area contributed by atoms with Gasteiger partial charge in [-0.3, -0.25) is 4.90 Å². The normalized spacial score (nSPS) is 18.5. The molecule has 1 saturated heterocycles. The molecule has 142 valence electrons. The van der Waals surface area contributed by atoms with E-state index in [0.717, 1.165) is 24.9 Å². The van der Waals surface area contributed by atoms with E-state index in [1.165, 1.54) is 18.2 Å². The third-order valence-corrected chi connectivity index (χ3v) is 5.12. The second-order valence-electron chi connectivity index (χ2n) is 7.09. The van der Waals surface area contributed by atoms with E-state index >= 15 is 0 Å². The molecule has 0 bridgehead atoms.